The molecule has 22 heavy (non-hydrogen) atoms. The number of carbonyl (C=O) groups is 3. The van der Waals surface area contributed by atoms with Gasteiger partial charge < -0.3 is 9.30 Å². The van der Waals surface area contributed by atoms with E-state index in [1.165, 1.54) is 7.11 Å². The third-order valence-corrected chi connectivity index (χ3v) is 4.09. The molecule has 1 aliphatic rings. The van der Waals surface area contributed by atoms with Crippen molar-refractivity contribution in [2.24, 2.45) is 0 Å². The SMILES string of the molecule is COC(=O)Cn1cc(/C=C2\SC(=O)NC2=O)c2ccccc21. The first-order valence-corrected chi connectivity index (χ1v) is 7.29. The Kier molecular flexibility index (Phi) is 3.72. The molecule has 0 unspecified atom stereocenters. The Hall–Kier alpha value is -2.54. The van der Waals surface area contributed by atoms with E-state index in [0.717, 1.165) is 28.2 Å². The van der Waals surface area contributed by atoms with Gasteiger partial charge in [-0.05, 0) is 23.9 Å². The first-order valence-electron chi connectivity index (χ1n) is 6.48. The molecule has 2 aromatic rings. The summed E-state index contributed by atoms with van der Waals surface area (Å²) in [6.45, 7) is 0.0818. The van der Waals surface area contributed by atoms with Gasteiger partial charge in [-0.3, -0.25) is 19.7 Å². The maximum absolute atomic E-state index is 11.7. The minimum atomic E-state index is -0.403. The maximum Gasteiger partial charge on any atom is 0.325 e. The molecule has 0 aliphatic carbocycles. The molecule has 6 nitrogen and oxygen atoms in total. The Morgan fingerprint density at radius 2 is 2.14 bits per heavy atom. The van der Waals surface area contributed by atoms with Crippen molar-refractivity contribution in [3.8, 4) is 0 Å². The Morgan fingerprint density at radius 3 is 2.82 bits per heavy atom. The minimum Gasteiger partial charge on any atom is -0.468 e. The molecule has 2 amide bonds. The molecule has 3 rings (SSSR count). The minimum absolute atomic E-state index is 0.0818. The van der Waals surface area contributed by atoms with Gasteiger partial charge in [0.15, 0.2) is 0 Å². The normalized spacial score (nSPS) is 16.3. The highest BCUT2D eigenvalue weighted by atomic mass is 32.2. The smallest absolute Gasteiger partial charge is 0.325 e. The molecule has 112 valence electrons. The molecule has 1 saturated heterocycles. The van der Waals surface area contributed by atoms with Crippen LogP contribution in [-0.4, -0.2) is 28.8 Å². The molecule has 7 heteroatoms. The van der Waals surface area contributed by atoms with Crippen LogP contribution in [0, 0.1) is 0 Å². The fourth-order valence-electron chi connectivity index (χ4n) is 2.29. The van der Waals surface area contributed by atoms with E-state index in [1.54, 1.807) is 16.8 Å². The van der Waals surface area contributed by atoms with E-state index < -0.39 is 5.91 Å². The van der Waals surface area contributed by atoms with Crippen LogP contribution in [0.3, 0.4) is 0 Å². The molecule has 1 aromatic carbocycles. The third kappa shape index (κ3) is 2.62. The second-order valence-corrected chi connectivity index (χ2v) is 5.67. The van der Waals surface area contributed by atoms with Crippen LogP contribution >= 0.6 is 11.8 Å². The van der Waals surface area contributed by atoms with Gasteiger partial charge in [-0.2, -0.15) is 0 Å². The number of ether oxygens (including phenoxy) is 1. The Morgan fingerprint density at radius 1 is 1.36 bits per heavy atom. The standard InChI is InChI=1S/C15H12N2O4S/c1-21-13(18)8-17-7-9(10-4-2-3-5-11(10)17)6-12-14(19)16-15(20)22-12/h2-7H,8H2,1H3,(H,16,19,20)/b12-6-. The first-order chi connectivity index (χ1) is 10.6. The number of rotatable bonds is 3. The number of aromatic nitrogens is 1. The maximum atomic E-state index is 11.7. The van der Waals surface area contributed by atoms with E-state index in [9.17, 15) is 14.4 Å². The predicted molar refractivity (Wildman–Crippen MR) is 83.1 cm³/mol. The van der Waals surface area contributed by atoms with Crippen molar-refractivity contribution in [2.45, 2.75) is 6.54 Å². The van der Waals surface area contributed by atoms with Crippen LogP contribution in [0.1, 0.15) is 5.56 Å². The van der Waals surface area contributed by atoms with Gasteiger partial charge in [-0.1, -0.05) is 18.2 Å². The molecule has 0 atom stereocenters. The molecule has 0 saturated carbocycles. The number of hydrogen-bond acceptors (Lipinski definition) is 5. The molecule has 1 aliphatic heterocycles. The lowest BCUT2D eigenvalue weighted by Crippen LogP contribution is -2.17. The number of thioether (sulfide) groups is 1. The molecule has 0 bridgehead atoms. The van der Waals surface area contributed by atoms with Gasteiger partial charge >= 0.3 is 5.97 Å². The van der Waals surface area contributed by atoms with Crippen LogP contribution in [-0.2, 0) is 20.9 Å². The zero-order chi connectivity index (χ0) is 15.7. The van der Waals surface area contributed by atoms with Crippen molar-refractivity contribution in [1.29, 1.82) is 0 Å². The lowest BCUT2D eigenvalue weighted by atomic mass is 10.1. The number of benzene rings is 1. The molecule has 1 aromatic heterocycles. The number of fused-ring (bicyclic) bond motifs is 1. The molecule has 0 radical (unpaired) electrons. The molecule has 0 spiro atoms. The quantitative estimate of drug-likeness (QED) is 0.693. The fraction of sp³-hybridized carbons (Fsp3) is 0.133. The number of methoxy groups -OCH3 is 1. The summed E-state index contributed by atoms with van der Waals surface area (Å²) in [6, 6.07) is 7.52. The summed E-state index contributed by atoms with van der Waals surface area (Å²) in [5, 5.41) is 2.73. The van der Waals surface area contributed by atoms with Crippen LogP contribution in [0.25, 0.3) is 17.0 Å². The highest BCUT2D eigenvalue weighted by Gasteiger charge is 2.25. The van der Waals surface area contributed by atoms with E-state index in [4.69, 9.17) is 0 Å². The lowest BCUT2D eigenvalue weighted by molar-refractivity contribution is -0.141. The summed E-state index contributed by atoms with van der Waals surface area (Å²) >= 11 is 0.865. The van der Waals surface area contributed by atoms with Crippen molar-refractivity contribution in [2.75, 3.05) is 7.11 Å². The predicted octanol–water partition coefficient (Wildman–Crippen LogP) is 2.14. The van der Waals surface area contributed by atoms with E-state index in [0.29, 0.717) is 4.91 Å². The zero-order valence-electron chi connectivity index (χ0n) is 11.7. The molecular weight excluding hydrogens is 304 g/mol. The number of esters is 1. The largest absolute Gasteiger partial charge is 0.468 e. The fourth-order valence-corrected chi connectivity index (χ4v) is 2.96. The van der Waals surface area contributed by atoms with Gasteiger partial charge in [0.25, 0.3) is 11.1 Å². The highest BCUT2D eigenvalue weighted by Crippen LogP contribution is 2.29. The van der Waals surface area contributed by atoms with E-state index in [2.05, 4.69) is 10.1 Å². The highest BCUT2D eigenvalue weighted by molar-refractivity contribution is 8.18. The van der Waals surface area contributed by atoms with Crippen LogP contribution in [0.4, 0.5) is 4.79 Å². The molecular formula is C15H12N2O4S. The van der Waals surface area contributed by atoms with Crippen LogP contribution < -0.4 is 5.32 Å². The monoisotopic (exact) mass is 316 g/mol. The average Bonchev–Trinajstić information content (AvgIpc) is 3.00. The van der Waals surface area contributed by atoms with Crippen molar-refractivity contribution in [1.82, 2.24) is 9.88 Å². The Labute approximate surface area is 130 Å². The van der Waals surface area contributed by atoms with Crippen molar-refractivity contribution in [3.05, 3.63) is 40.9 Å². The van der Waals surface area contributed by atoms with E-state index in [1.807, 2.05) is 24.3 Å². The lowest BCUT2D eigenvalue weighted by Gasteiger charge is -2.02. The topological polar surface area (TPSA) is 77.4 Å². The van der Waals surface area contributed by atoms with Crippen LogP contribution in [0.5, 0.6) is 0 Å². The number of hydrogen-bond donors (Lipinski definition) is 1. The molecule has 1 N–H and O–H groups in total. The number of amides is 2. The average molecular weight is 316 g/mol. The zero-order valence-corrected chi connectivity index (χ0v) is 12.5. The first kappa shape index (κ1) is 14.4. The molecule has 2 heterocycles. The second kappa shape index (κ2) is 5.69. The third-order valence-electron chi connectivity index (χ3n) is 3.28. The summed E-state index contributed by atoms with van der Waals surface area (Å²) < 4.78 is 6.45. The Bertz CT molecular complexity index is 822. The van der Waals surface area contributed by atoms with Crippen LogP contribution in [0.2, 0.25) is 0 Å². The van der Waals surface area contributed by atoms with E-state index >= 15 is 0 Å². The van der Waals surface area contributed by atoms with Gasteiger partial charge in [0.05, 0.1) is 12.0 Å². The number of para-hydroxylation sites is 1. The van der Waals surface area contributed by atoms with Crippen LogP contribution in [0.15, 0.2) is 35.4 Å². The summed E-state index contributed by atoms with van der Waals surface area (Å²) in [7, 11) is 1.34. The van der Waals surface area contributed by atoms with Gasteiger partial charge in [0.1, 0.15) is 6.54 Å². The van der Waals surface area contributed by atoms with Gasteiger partial charge in [0.2, 0.25) is 0 Å². The molecule has 1 fully saturated rings. The number of nitrogens with zero attached hydrogens (tertiary/aromatic N) is 1. The summed E-state index contributed by atoms with van der Waals surface area (Å²) in [5.41, 5.74) is 1.63. The van der Waals surface area contributed by atoms with Crippen molar-refractivity contribution < 1.29 is 19.1 Å². The number of imide groups is 1. The Balaban J connectivity index is 2.07. The van der Waals surface area contributed by atoms with Crippen molar-refractivity contribution >= 4 is 45.9 Å². The summed E-state index contributed by atoms with van der Waals surface area (Å²) in [6.07, 6.45) is 3.42. The summed E-state index contributed by atoms with van der Waals surface area (Å²) in [4.78, 5) is 34.7. The van der Waals surface area contributed by atoms with Gasteiger partial charge in [0, 0.05) is 22.7 Å². The van der Waals surface area contributed by atoms with E-state index in [-0.39, 0.29) is 17.8 Å². The van der Waals surface area contributed by atoms with Crippen molar-refractivity contribution in [3.63, 3.8) is 0 Å². The summed E-state index contributed by atoms with van der Waals surface area (Å²) in [5.74, 6) is -0.761. The van der Waals surface area contributed by atoms with Gasteiger partial charge in [-0.25, -0.2) is 0 Å². The number of nitrogens with one attached hydrogen (secondary N) is 1. The number of carbonyl (C=O) groups excluding carboxylic acids is 3. The van der Waals surface area contributed by atoms with Gasteiger partial charge in [-0.15, -0.1) is 0 Å². The second-order valence-electron chi connectivity index (χ2n) is 4.66.